The molecule has 0 aliphatic rings. The fourth-order valence-electron chi connectivity index (χ4n) is 2.47. The number of hydrogen-bond donors (Lipinski definition) is 0. The maximum Gasteiger partial charge on any atom is 0.0980 e. The van der Waals surface area contributed by atoms with Gasteiger partial charge in [0.25, 0.3) is 0 Å². The van der Waals surface area contributed by atoms with Crippen LogP contribution in [0.2, 0.25) is 0 Å². The summed E-state index contributed by atoms with van der Waals surface area (Å²) in [5.41, 5.74) is 4.15. The minimum absolute atomic E-state index is 0.378. The molecule has 0 saturated carbocycles. The molecule has 0 N–H and O–H groups in total. The third kappa shape index (κ3) is 3.25. The Labute approximate surface area is 110 Å². The van der Waals surface area contributed by atoms with Crippen molar-refractivity contribution < 1.29 is 4.42 Å². The molecule has 0 spiro atoms. The van der Waals surface area contributed by atoms with E-state index in [4.69, 9.17) is 4.42 Å². The molecule has 18 heavy (non-hydrogen) atoms. The van der Waals surface area contributed by atoms with Crippen LogP contribution < -0.4 is 0 Å². The van der Waals surface area contributed by atoms with E-state index in [1.165, 1.54) is 17.5 Å². The molecule has 0 aliphatic heterocycles. The lowest BCUT2D eigenvalue weighted by molar-refractivity contribution is 0.349. The molecule has 96 valence electrons. The van der Waals surface area contributed by atoms with Crippen molar-refractivity contribution in [3.63, 3.8) is 0 Å². The Morgan fingerprint density at radius 2 is 1.67 bits per heavy atom. The molecule has 1 aromatic carbocycles. The molecule has 1 nitrogen and oxygen atoms in total. The van der Waals surface area contributed by atoms with E-state index in [1.807, 2.05) is 6.07 Å². The predicted molar refractivity (Wildman–Crippen MR) is 76.6 cm³/mol. The second-order valence-corrected chi connectivity index (χ2v) is 6.30. The van der Waals surface area contributed by atoms with Crippen molar-refractivity contribution in [2.24, 2.45) is 5.41 Å². The molecule has 0 aliphatic carbocycles. The summed E-state index contributed by atoms with van der Waals surface area (Å²) in [7, 11) is 0. The molecule has 1 heteroatoms. The van der Waals surface area contributed by atoms with Gasteiger partial charge in [-0.2, -0.15) is 0 Å². The largest absolute Gasteiger partial charge is 0.472 e. The minimum Gasteiger partial charge on any atom is -0.472 e. The molecule has 0 amide bonds. The Morgan fingerprint density at radius 3 is 2.17 bits per heavy atom. The Morgan fingerprint density at radius 1 is 1.00 bits per heavy atom. The minimum atomic E-state index is 0.378. The number of benzene rings is 1. The first-order chi connectivity index (χ1) is 8.46. The standard InChI is InChI=1S/C17H22O/c1-13(11-17(2,3)4)14-5-7-15(8-6-14)16-9-10-18-12-16/h5-10,12-13H,11H2,1-4H3. The van der Waals surface area contributed by atoms with Crippen LogP contribution in [-0.4, -0.2) is 0 Å². The third-order valence-corrected chi connectivity index (χ3v) is 3.25. The van der Waals surface area contributed by atoms with Crippen molar-refractivity contribution in [2.45, 2.75) is 40.0 Å². The zero-order valence-electron chi connectivity index (χ0n) is 11.7. The van der Waals surface area contributed by atoms with Gasteiger partial charge in [0.15, 0.2) is 0 Å². The molecular formula is C17H22O. The molecule has 1 atom stereocenters. The smallest absolute Gasteiger partial charge is 0.0980 e. The van der Waals surface area contributed by atoms with E-state index in [-0.39, 0.29) is 0 Å². The van der Waals surface area contributed by atoms with Gasteiger partial charge in [0, 0.05) is 5.56 Å². The van der Waals surface area contributed by atoms with Crippen LogP contribution in [0.5, 0.6) is 0 Å². The normalized spacial score (nSPS) is 13.6. The topological polar surface area (TPSA) is 13.1 Å². The van der Waals surface area contributed by atoms with E-state index >= 15 is 0 Å². The van der Waals surface area contributed by atoms with Crippen molar-refractivity contribution in [3.05, 3.63) is 48.4 Å². The lowest BCUT2D eigenvalue weighted by atomic mass is 9.82. The Kier molecular flexibility index (Phi) is 3.60. The monoisotopic (exact) mass is 242 g/mol. The van der Waals surface area contributed by atoms with Gasteiger partial charge in [0.2, 0.25) is 0 Å². The molecule has 2 aromatic rings. The molecule has 1 unspecified atom stereocenters. The first-order valence-electron chi connectivity index (χ1n) is 6.58. The zero-order chi connectivity index (χ0) is 13.2. The molecule has 1 heterocycles. The average Bonchev–Trinajstić information content (AvgIpc) is 2.80. The first kappa shape index (κ1) is 12.9. The van der Waals surface area contributed by atoms with Gasteiger partial charge in [-0.15, -0.1) is 0 Å². The highest BCUT2D eigenvalue weighted by Gasteiger charge is 2.16. The highest BCUT2D eigenvalue weighted by molar-refractivity contribution is 5.62. The first-order valence-corrected chi connectivity index (χ1v) is 6.58. The molecule has 1 aromatic heterocycles. The van der Waals surface area contributed by atoms with E-state index in [1.54, 1.807) is 12.5 Å². The van der Waals surface area contributed by atoms with Crippen LogP contribution >= 0.6 is 0 Å². The van der Waals surface area contributed by atoms with Crippen LogP contribution in [0.1, 0.15) is 45.6 Å². The van der Waals surface area contributed by atoms with E-state index in [9.17, 15) is 0 Å². The van der Waals surface area contributed by atoms with Crippen molar-refractivity contribution in [1.82, 2.24) is 0 Å². The second-order valence-electron chi connectivity index (χ2n) is 6.30. The highest BCUT2D eigenvalue weighted by Crippen LogP contribution is 2.31. The summed E-state index contributed by atoms with van der Waals surface area (Å²) in [6, 6.07) is 10.8. The molecule has 0 saturated heterocycles. The van der Waals surface area contributed by atoms with E-state index in [0.717, 1.165) is 5.56 Å². The van der Waals surface area contributed by atoms with Gasteiger partial charge in [-0.25, -0.2) is 0 Å². The van der Waals surface area contributed by atoms with Gasteiger partial charge in [0.1, 0.15) is 0 Å². The Bertz CT molecular complexity index is 471. The summed E-state index contributed by atoms with van der Waals surface area (Å²) in [6.07, 6.45) is 4.71. The quantitative estimate of drug-likeness (QED) is 0.694. The SMILES string of the molecule is CC(CC(C)(C)C)c1ccc(-c2ccoc2)cc1. The summed E-state index contributed by atoms with van der Waals surface area (Å²) in [5, 5.41) is 0. The number of rotatable bonds is 3. The van der Waals surface area contributed by atoms with Crippen molar-refractivity contribution in [3.8, 4) is 11.1 Å². The van der Waals surface area contributed by atoms with Gasteiger partial charge in [-0.1, -0.05) is 52.0 Å². The maximum absolute atomic E-state index is 5.11. The van der Waals surface area contributed by atoms with E-state index in [0.29, 0.717) is 11.3 Å². The van der Waals surface area contributed by atoms with Crippen LogP contribution in [0.25, 0.3) is 11.1 Å². The number of hydrogen-bond acceptors (Lipinski definition) is 1. The Hall–Kier alpha value is -1.50. The third-order valence-electron chi connectivity index (χ3n) is 3.25. The van der Waals surface area contributed by atoms with Gasteiger partial charge < -0.3 is 4.42 Å². The van der Waals surface area contributed by atoms with Gasteiger partial charge >= 0.3 is 0 Å². The summed E-state index contributed by atoms with van der Waals surface area (Å²) < 4.78 is 5.11. The van der Waals surface area contributed by atoms with Crippen LogP contribution in [-0.2, 0) is 0 Å². The number of furan rings is 1. The Balaban J connectivity index is 2.13. The molecule has 0 radical (unpaired) electrons. The van der Waals surface area contributed by atoms with Crippen LogP contribution in [0.3, 0.4) is 0 Å². The summed E-state index contributed by atoms with van der Waals surface area (Å²) in [4.78, 5) is 0. The van der Waals surface area contributed by atoms with Crippen LogP contribution in [0.4, 0.5) is 0 Å². The van der Waals surface area contributed by atoms with Gasteiger partial charge in [-0.3, -0.25) is 0 Å². The fourth-order valence-corrected chi connectivity index (χ4v) is 2.47. The summed E-state index contributed by atoms with van der Waals surface area (Å²) in [5.74, 6) is 0.600. The fraction of sp³-hybridized carbons (Fsp3) is 0.412. The van der Waals surface area contributed by atoms with Crippen molar-refractivity contribution >= 4 is 0 Å². The molecule has 2 rings (SSSR count). The summed E-state index contributed by atoms with van der Waals surface area (Å²) >= 11 is 0. The van der Waals surface area contributed by atoms with Crippen molar-refractivity contribution in [1.29, 1.82) is 0 Å². The summed E-state index contributed by atoms with van der Waals surface area (Å²) in [6.45, 7) is 9.19. The van der Waals surface area contributed by atoms with Crippen molar-refractivity contribution in [2.75, 3.05) is 0 Å². The zero-order valence-corrected chi connectivity index (χ0v) is 11.7. The van der Waals surface area contributed by atoms with E-state index in [2.05, 4.69) is 52.0 Å². The molecule has 0 bridgehead atoms. The van der Waals surface area contributed by atoms with Crippen LogP contribution in [0.15, 0.2) is 47.3 Å². The maximum atomic E-state index is 5.11. The molecule has 0 fully saturated rings. The second kappa shape index (κ2) is 5.01. The van der Waals surface area contributed by atoms with Gasteiger partial charge in [-0.05, 0) is 34.9 Å². The van der Waals surface area contributed by atoms with Crippen LogP contribution in [0, 0.1) is 5.41 Å². The van der Waals surface area contributed by atoms with E-state index < -0.39 is 0 Å². The lowest BCUT2D eigenvalue weighted by Gasteiger charge is -2.23. The average molecular weight is 242 g/mol. The lowest BCUT2D eigenvalue weighted by Crippen LogP contribution is -2.09. The van der Waals surface area contributed by atoms with Gasteiger partial charge in [0.05, 0.1) is 12.5 Å². The highest BCUT2D eigenvalue weighted by atomic mass is 16.3. The predicted octanol–water partition coefficient (Wildman–Crippen LogP) is 5.49. The molecular weight excluding hydrogens is 220 g/mol.